The summed E-state index contributed by atoms with van der Waals surface area (Å²) in [6, 6.07) is 9.86. The van der Waals surface area contributed by atoms with Gasteiger partial charge in [-0.3, -0.25) is 9.59 Å². The molecule has 1 aliphatic rings. The molecule has 0 radical (unpaired) electrons. The number of halogens is 2. The number of hydrogen-bond donors (Lipinski definition) is 2. The van der Waals surface area contributed by atoms with E-state index in [1.54, 1.807) is 31.2 Å². The first-order valence-electron chi connectivity index (χ1n) is 8.43. The molecule has 4 nitrogen and oxygen atoms in total. The summed E-state index contributed by atoms with van der Waals surface area (Å²) in [5.41, 5.74) is 0.185. The lowest BCUT2D eigenvalue weighted by Gasteiger charge is -2.40. The number of hydrogen-bond acceptors (Lipinski definition) is 2. The molecule has 1 unspecified atom stereocenters. The maximum Gasteiger partial charge on any atom is 0.310 e. The van der Waals surface area contributed by atoms with E-state index < -0.39 is 28.9 Å². The molecule has 1 aliphatic carbocycles. The molecule has 2 N–H and O–H groups in total. The van der Waals surface area contributed by atoms with Gasteiger partial charge in [0.05, 0.1) is 11.3 Å². The van der Waals surface area contributed by atoms with Crippen molar-refractivity contribution in [3.05, 3.63) is 65.2 Å². The number of carboxylic acid groups (broad SMARTS) is 1. The Morgan fingerprint density at radius 2 is 1.88 bits per heavy atom. The van der Waals surface area contributed by atoms with Crippen LogP contribution in [0.1, 0.15) is 43.2 Å². The van der Waals surface area contributed by atoms with E-state index in [1.165, 1.54) is 6.07 Å². The zero-order chi connectivity index (χ0) is 18.9. The van der Waals surface area contributed by atoms with Crippen LogP contribution in [-0.4, -0.2) is 17.0 Å². The third-order valence-corrected chi connectivity index (χ3v) is 5.10. The third-order valence-electron chi connectivity index (χ3n) is 5.10. The van der Waals surface area contributed by atoms with E-state index in [-0.39, 0.29) is 11.5 Å². The highest BCUT2D eigenvalue weighted by Crippen LogP contribution is 2.45. The molecule has 0 bridgehead atoms. The molecule has 2 aromatic rings. The van der Waals surface area contributed by atoms with Crippen LogP contribution in [0.4, 0.5) is 14.5 Å². The molecule has 1 saturated carbocycles. The van der Waals surface area contributed by atoms with Gasteiger partial charge in [0.25, 0.3) is 0 Å². The minimum atomic E-state index is -1.02. The Balaban J connectivity index is 1.87. The Morgan fingerprint density at radius 3 is 2.46 bits per heavy atom. The van der Waals surface area contributed by atoms with Gasteiger partial charge >= 0.3 is 5.97 Å². The Labute approximate surface area is 149 Å². The van der Waals surface area contributed by atoms with Crippen LogP contribution in [0.25, 0.3) is 0 Å². The fraction of sp³-hybridized carbons (Fsp3) is 0.300. The fourth-order valence-electron chi connectivity index (χ4n) is 3.31. The van der Waals surface area contributed by atoms with Gasteiger partial charge in [0.15, 0.2) is 0 Å². The Bertz CT molecular complexity index is 862. The summed E-state index contributed by atoms with van der Waals surface area (Å²) < 4.78 is 27.4. The monoisotopic (exact) mass is 359 g/mol. The molecular weight excluding hydrogens is 340 g/mol. The maximum absolute atomic E-state index is 14.2. The van der Waals surface area contributed by atoms with E-state index in [1.807, 2.05) is 0 Å². The molecule has 0 aliphatic heterocycles. The standard InChI is InChI=1S/C20H19F2NO3/c1-12(18(24)25)13-4-2-5-15(10-13)23-19(26)20(8-3-9-20)16-7-6-14(21)11-17(16)22/h2,4-7,10-12H,3,8-9H2,1H3,(H,23,26)(H,24,25). The van der Waals surface area contributed by atoms with Gasteiger partial charge < -0.3 is 10.4 Å². The first-order chi connectivity index (χ1) is 12.3. The molecule has 2 aromatic carbocycles. The highest BCUT2D eigenvalue weighted by atomic mass is 19.1. The SMILES string of the molecule is CC(C(=O)O)c1cccc(NC(=O)C2(c3ccc(F)cc3F)CCC2)c1. The molecular formula is C20H19F2NO3. The van der Waals surface area contributed by atoms with Crippen LogP contribution in [0.15, 0.2) is 42.5 Å². The fourth-order valence-corrected chi connectivity index (χ4v) is 3.31. The summed E-state index contributed by atoms with van der Waals surface area (Å²) in [4.78, 5) is 24.0. The van der Waals surface area contributed by atoms with Gasteiger partial charge in [-0.25, -0.2) is 8.78 Å². The average molecular weight is 359 g/mol. The van der Waals surface area contributed by atoms with E-state index in [9.17, 15) is 18.4 Å². The number of anilines is 1. The average Bonchev–Trinajstić information content (AvgIpc) is 2.55. The molecule has 26 heavy (non-hydrogen) atoms. The molecule has 1 amide bonds. The normalized spacial score (nSPS) is 16.4. The largest absolute Gasteiger partial charge is 0.481 e. The quantitative estimate of drug-likeness (QED) is 0.840. The van der Waals surface area contributed by atoms with Gasteiger partial charge in [0, 0.05) is 17.3 Å². The molecule has 6 heteroatoms. The first-order valence-corrected chi connectivity index (χ1v) is 8.43. The number of amides is 1. The highest BCUT2D eigenvalue weighted by molar-refractivity contribution is 6.00. The van der Waals surface area contributed by atoms with Crippen molar-refractivity contribution in [3.8, 4) is 0 Å². The zero-order valence-electron chi connectivity index (χ0n) is 14.3. The van der Waals surface area contributed by atoms with E-state index in [0.29, 0.717) is 24.1 Å². The molecule has 0 heterocycles. The van der Waals surface area contributed by atoms with Gasteiger partial charge in [-0.1, -0.05) is 24.6 Å². The summed E-state index contributed by atoms with van der Waals surface area (Å²) in [6.45, 7) is 1.56. The zero-order valence-corrected chi connectivity index (χ0v) is 14.3. The van der Waals surface area contributed by atoms with E-state index in [2.05, 4.69) is 5.32 Å². The van der Waals surface area contributed by atoms with Crippen molar-refractivity contribution in [2.45, 2.75) is 37.5 Å². The second-order valence-corrected chi connectivity index (χ2v) is 6.70. The van der Waals surface area contributed by atoms with Crippen LogP contribution in [0.5, 0.6) is 0 Å². The molecule has 136 valence electrons. The van der Waals surface area contributed by atoms with Crippen molar-refractivity contribution in [1.82, 2.24) is 0 Å². The predicted octanol–water partition coefficient (Wildman–Crippen LogP) is 4.21. The highest BCUT2D eigenvalue weighted by Gasteiger charge is 2.47. The van der Waals surface area contributed by atoms with Crippen LogP contribution < -0.4 is 5.32 Å². The second-order valence-electron chi connectivity index (χ2n) is 6.70. The Hall–Kier alpha value is -2.76. The molecule has 0 saturated heterocycles. The Morgan fingerprint density at radius 1 is 1.15 bits per heavy atom. The Kier molecular flexibility index (Phi) is 4.76. The van der Waals surface area contributed by atoms with Gasteiger partial charge in [-0.2, -0.15) is 0 Å². The number of carbonyl (C=O) groups is 2. The molecule has 0 spiro atoms. The van der Waals surface area contributed by atoms with E-state index in [0.717, 1.165) is 18.6 Å². The van der Waals surface area contributed by atoms with Gasteiger partial charge in [-0.05, 0) is 43.5 Å². The summed E-state index contributed by atoms with van der Waals surface area (Å²) in [7, 11) is 0. The van der Waals surface area contributed by atoms with Gasteiger partial charge in [0.1, 0.15) is 11.6 Å². The van der Waals surface area contributed by atoms with Crippen molar-refractivity contribution in [2.75, 3.05) is 5.32 Å². The number of benzene rings is 2. The summed E-state index contributed by atoms with van der Waals surface area (Å²) in [5, 5.41) is 11.9. The van der Waals surface area contributed by atoms with Gasteiger partial charge in [-0.15, -0.1) is 0 Å². The van der Waals surface area contributed by atoms with E-state index in [4.69, 9.17) is 5.11 Å². The predicted molar refractivity (Wildman–Crippen MR) is 93.0 cm³/mol. The van der Waals surface area contributed by atoms with Crippen molar-refractivity contribution >= 4 is 17.6 Å². The summed E-state index contributed by atoms with van der Waals surface area (Å²) in [6.07, 6.45) is 1.74. The molecule has 1 atom stereocenters. The van der Waals surface area contributed by atoms with Crippen molar-refractivity contribution in [3.63, 3.8) is 0 Å². The maximum atomic E-state index is 14.2. The number of carbonyl (C=O) groups excluding carboxylic acids is 1. The lowest BCUT2D eigenvalue weighted by atomic mass is 9.63. The number of aliphatic carboxylic acids is 1. The van der Waals surface area contributed by atoms with Crippen LogP contribution in [0, 0.1) is 11.6 Å². The van der Waals surface area contributed by atoms with Crippen molar-refractivity contribution in [2.24, 2.45) is 0 Å². The minimum Gasteiger partial charge on any atom is -0.481 e. The number of nitrogens with one attached hydrogen (secondary N) is 1. The van der Waals surface area contributed by atoms with Crippen LogP contribution in [0.2, 0.25) is 0 Å². The lowest BCUT2D eigenvalue weighted by molar-refractivity contribution is -0.138. The molecule has 3 rings (SSSR count). The minimum absolute atomic E-state index is 0.192. The summed E-state index contributed by atoms with van der Waals surface area (Å²) in [5.74, 6) is -3.45. The first kappa shape index (κ1) is 18.0. The van der Waals surface area contributed by atoms with Crippen LogP contribution in [0.3, 0.4) is 0 Å². The van der Waals surface area contributed by atoms with Crippen molar-refractivity contribution < 1.29 is 23.5 Å². The van der Waals surface area contributed by atoms with Crippen LogP contribution in [-0.2, 0) is 15.0 Å². The van der Waals surface area contributed by atoms with E-state index >= 15 is 0 Å². The topological polar surface area (TPSA) is 66.4 Å². The third kappa shape index (κ3) is 3.19. The van der Waals surface area contributed by atoms with Gasteiger partial charge in [0.2, 0.25) is 5.91 Å². The number of carboxylic acids is 1. The van der Waals surface area contributed by atoms with Crippen LogP contribution >= 0.6 is 0 Å². The molecule has 0 aromatic heterocycles. The smallest absolute Gasteiger partial charge is 0.310 e. The second kappa shape index (κ2) is 6.86. The van der Waals surface area contributed by atoms with Crippen molar-refractivity contribution in [1.29, 1.82) is 0 Å². The lowest BCUT2D eigenvalue weighted by Crippen LogP contribution is -2.46. The molecule has 1 fully saturated rings. The summed E-state index contributed by atoms with van der Waals surface area (Å²) >= 11 is 0. The number of rotatable bonds is 5.